The minimum atomic E-state index is -1.89. The predicted molar refractivity (Wildman–Crippen MR) is 108 cm³/mol. The zero-order chi connectivity index (χ0) is 22.4. The van der Waals surface area contributed by atoms with Gasteiger partial charge in [0.15, 0.2) is 11.6 Å². The van der Waals surface area contributed by atoms with Gasteiger partial charge >= 0.3 is 5.97 Å². The Morgan fingerprint density at radius 2 is 2.00 bits per heavy atom. The molecule has 0 unspecified atom stereocenters. The lowest BCUT2D eigenvalue weighted by atomic mass is 9.46. The number of carbonyl (C=O) groups excluding carboxylic acids is 2. The summed E-state index contributed by atoms with van der Waals surface area (Å²) in [6.45, 7) is 3.15. The van der Waals surface area contributed by atoms with Crippen LogP contribution in [0, 0.1) is 28.6 Å². The highest BCUT2D eigenvalue weighted by Gasteiger charge is 2.82. The molecule has 1 heterocycles. The lowest BCUT2D eigenvalue weighted by molar-refractivity contribution is -0.166. The molecule has 0 aromatic carbocycles. The molecule has 5 aliphatic rings. The van der Waals surface area contributed by atoms with Gasteiger partial charge in [0.25, 0.3) is 0 Å². The van der Waals surface area contributed by atoms with Gasteiger partial charge < -0.3 is 14.9 Å². The highest BCUT2D eigenvalue weighted by molar-refractivity contribution is 6.01. The highest BCUT2D eigenvalue weighted by Crippen LogP contribution is 2.76. The summed E-state index contributed by atoms with van der Waals surface area (Å²) in [4.78, 5) is 36.1. The van der Waals surface area contributed by atoms with Crippen molar-refractivity contribution in [2.45, 2.75) is 69.7 Å². The smallest absolute Gasteiger partial charge is 0.303 e. The second-order valence-electron chi connectivity index (χ2n) is 10.6. The first kappa shape index (κ1) is 21.0. The van der Waals surface area contributed by atoms with Crippen LogP contribution in [0.2, 0.25) is 0 Å². The summed E-state index contributed by atoms with van der Waals surface area (Å²) in [5, 5.41) is 20.7. The fraction of sp³-hybridized carbons (Fsp3) is 0.708. The second-order valence-corrected chi connectivity index (χ2v) is 10.6. The van der Waals surface area contributed by atoms with Gasteiger partial charge in [-0.1, -0.05) is 18.6 Å². The second kappa shape index (κ2) is 6.35. The molecule has 2 N–H and O–H groups in total. The molecule has 4 aliphatic carbocycles. The Morgan fingerprint density at radius 1 is 1.26 bits per heavy atom. The van der Waals surface area contributed by atoms with Crippen LogP contribution in [0.1, 0.15) is 52.4 Å². The van der Waals surface area contributed by atoms with Gasteiger partial charge in [-0.3, -0.25) is 18.8 Å². The van der Waals surface area contributed by atoms with E-state index in [4.69, 9.17) is 9.84 Å². The van der Waals surface area contributed by atoms with E-state index in [1.54, 1.807) is 12.2 Å². The van der Waals surface area contributed by atoms with Crippen molar-refractivity contribution < 1.29 is 33.7 Å². The monoisotopic (exact) mass is 432 g/mol. The zero-order valence-electron chi connectivity index (χ0n) is 17.9. The number of ketones is 2. The van der Waals surface area contributed by atoms with Crippen LogP contribution < -0.4 is 0 Å². The summed E-state index contributed by atoms with van der Waals surface area (Å²) in [6.07, 6.45) is 6.67. The zero-order valence-corrected chi connectivity index (χ0v) is 17.9. The number of carboxylic acid groups (broad SMARTS) is 1. The Hall–Kier alpha value is -1.86. The predicted octanol–water partition coefficient (Wildman–Crippen LogP) is 2.79. The van der Waals surface area contributed by atoms with Crippen molar-refractivity contribution in [2.24, 2.45) is 28.6 Å². The number of carboxylic acids is 1. The Bertz CT molecular complexity index is 940. The Kier molecular flexibility index (Phi) is 4.30. The molecular formula is C24H29FO6. The van der Waals surface area contributed by atoms with Crippen molar-refractivity contribution in [3.63, 3.8) is 0 Å². The molecule has 4 fully saturated rings. The van der Waals surface area contributed by atoms with Gasteiger partial charge in [0, 0.05) is 23.2 Å². The highest BCUT2D eigenvalue weighted by atomic mass is 19.1. The van der Waals surface area contributed by atoms with E-state index in [2.05, 4.69) is 6.92 Å². The van der Waals surface area contributed by atoms with Crippen molar-refractivity contribution in [3.05, 3.63) is 23.8 Å². The summed E-state index contributed by atoms with van der Waals surface area (Å²) in [7, 11) is 0. The molecule has 6 nitrogen and oxygen atoms in total. The van der Waals surface area contributed by atoms with Crippen LogP contribution in [0.4, 0.5) is 4.39 Å². The van der Waals surface area contributed by atoms with Crippen LogP contribution in [0.3, 0.4) is 0 Å². The van der Waals surface area contributed by atoms with Crippen LogP contribution in [0.5, 0.6) is 0 Å². The number of aliphatic carboxylic acids is 1. The number of alkyl halides is 1. The van der Waals surface area contributed by atoms with E-state index in [1.807, 2.05) is 13.0 Å². The van der Waals surface area contributed by atoms with E-state index in [1.165, 1.54) is 0 Å². The van der Waals surface area contributed by atoms with E-state index >= 15 is 0 Å². The van der Waals surface area contributed by atoms with Crippen molar-refractivity contribution in [1.82, 2.24) is 0 Å². The summed E-state index contributed by atoms with van der Waals surface area (Å²) in [5.41, 5.74) is -2.62. The van der Waals surface area contributed by atoms with Gasteiger partial charge in [-0.2, -0.15) is 0 Å². The van der Waals surface area contributed by atoms with E-state index in [9.17, 15) is 23.9 Å². The van der Waals surface area contributed by atoms with Gasteiger partial charge in [-0.25, -0.2) is 0 Å². The molecule has 8 atom stereocenters. The number of hydrogen-bond acceptors (Lipinski definition) is 5. The van der Waals surface area contributed by atoms with Crippen molar-refractivity contribution in [3.8, 4) is 0 Å². The third kappa shape index (κ3) is 2.37. The molecule has 0 amide bonds. The maximum atomic E-state index is 14.2. The van der Waals surface area contributed by atoms with Crippen LogP contribution in [0.25, 0.3) is 0 Å². The molecule has 31 heavy (non-hydrogen) atoms. The number of fused-ring (bicyclic) bond motifs is 3. The lowest BCUT2D eigenvalue weighted by Gasteiger charge is -2.55. The van der Waals surface area contributed by atoms with Gasteiger partial charge in [0.1, 0.15) is 11.2 Å². The molecule has 3 saturated carbocycles. The van der Waals surface area contributed by atoms with Crippen molar-refractivity contribution in [2.75, 3.05) is 6.67 Å². The Balaban J connectivity index is 1.54. The number of allylic oxidation sites excluding steroid dienone is 2. The number of ether oxygens (including phenoxy) is 1. The number of hydrogen-bond donors (Lipinski definition) is 2. The quantitative estimate of drug-likeness (QED) is 0.648. The van der Waals surface area contributed by atoms with Gasteiger partial charge in [-0.15, -0.1) is 0 Å². The van der Waals surface area contributed by atoms with E-state index in [0.717, 1.165) is 18.4 Å². The van der Waals surface area contributed by atoms with Crippen LogP contribution >= 0.6 is 0 Å². The Labute approximate surface area is 180 Å². The van der Waals surface area contributed by atoms with Gasteiger partial charge in [-0.05, 0) is 56.6 Å². The molecule has 7 heteroatoms. The minimum absolute atomic E-state index is 0.0167. The van der Waals surface area contributed by atoms with Gasteiger partial charge in [0.2, 0.25) is 0 Å². The normalized spacial score (nSPS) is 49.4. The fourth-order valence-corrected chi connectivity index (χ4v) is 7.95. The van der Waals surface area contributed by atoms with E-state index in [0.29, 0.717) is 12.8 Å². The average molecular weight is 432 g/mol. The molecule has 0 aromatic heterocycles. The van der Waals surface area contributed by atoms with Crippen LogP contribution in [-0.4, -0.2) is 51.7 Å². The topological polar surface area (TPSA) is 104 Å². The number of halogens is 1. The summed E-state index contributed by atoms with van der Waals surface area (Å²) < 4.78 is 20.6. The lowest BCUT2D eigenvalue weighted by Crippen LogP contribution is -2.62. The number of Topliss-reactive ketones (excluding diaryl/α,β-unsaturated/α-hetero) is 1. The van der Waals surface area contributed by atoms with Crippen molar-refractivity contribution >= 4 is 17.5 Å². The number of aliphatic hydroxyl groups is 1. The minimum Gasteiger partial charge on any atom is -0.481 e. The third-order valence-electron chi connectivity index (χ3n) is 9.50. The molecular weight excluding hydrogens is 403 g/mol. The third-order valence-corrected chi connectivity index (χ3v) is 9.50. The van der Waals surface area contributed by atoms with Gasteiger partial charge in [0.05, 0.1) is 19.2 Å². The summed E-state index contributed by atoms with van der Waals surface area (Å²) >= 11 is 0. The molecule has 1 saturated heterocycles. The molecule has 5 rings (SSSR count). The summed E-state index contributed by atoms with van der Waals surface area (Å²) in [5.74, 6) is -2.62. The molecule has 1 spiro atoms. The molecule has 0 aromatic rings. The SMILES string of the molecule is C[C@]12C=CC(=O)C=C1CC[C@H]1[C@@H]3C[C@H](CF)[C@](O)(C(=O)CCC(=O)O)[C@@]3(C)C[C@@H]3O[C@@]312. The fourth-order valence-electron chi connectivity index (χ4n) is 7.95. The maximum Gasteiger partial charge on any atom is 0.303 e. The van der Waals surface area contributed by atoms with E-state index < -0.39 is 46.4 Å². The average Bonchev–Trinajstić information content (AvgIpc) is 3.39. The molecule has 1 aliphatic heterocycles. The number of rotatable bonds is 5. The number of carbonyl (C=O) groups is 3. The molecule has 0 radical (unpaired) electrons. The van der Waals surface area contributed by atoms with Crippen molar-refractivity contribution in [1.29, 1.82) is 0 Å². The molecule has 168 valence electrons. The first-order valence-electron chi connectivity index (χ1n) is 11.2. The molecule has 0 bridgehead atoms. The van der Waals surface area contributed by atoms with Crippen LogP contribution in [0.15, 0.2) is 23.8 Å². The first-order chi connectivity index (χ1) is 14.5. The number of epoxide rings is 1. The largest absolute Gasteiger partial charge is 0.481 e. The van der Waals surface area contributed by atoms with Crippen LogP contribution in [-0.2, 0) is 19.1 Å². The maximum absolute atomic E-state index is 14.2. The van der Waals surface area contributed by atoms with E-state index in [-0.39, 0.29) is 36.6 Å². The first-order valence-corrected chi connectivity index (χ1v) is 11.2. The standard InChI is InChI=1S/C24H29FO6/c1-21-8-7-15(26)9-13(21)3-4-16-17-10-14(12-25)23(30,18(27)5-6-20(28)29)22(17,2)11-19-24(16,21)31-19/h7-9,14,16-17,19,30H,3-6,10-12H2,1-2H3,(H,28,29)/t14-,16+,17+,19+,21+,22+,23+,24-/m1/s1. The summed E-state index contributed by atoms with van der Waals surface area (Å²) in [6, 6.07) is 0. The Morgan fingerprint density at radius 3 is 2.68 bits per heavy atom.